The van der Waals surface area contributed by atoms with Crippen LogP contribution in [-0.2, 0) is 4.79 Å². The number of carbonyl (C=O) groups is 2. The molecule has 0 bridgehead atoms. The summed E-state index contributed by atoms with van der Waals surface area (Å²) >= 11 is 3.41. The first kappa shape index (κ1) is 15.0. The molecule has 0 atom stereocenters. The SMILES string of the molecule is Cc1c(Br)cccc1C(=O)N(CC(=O)O)C1CCCC1. The molecule has 0 unspecified atom stereocenters. The topological polar surface area (TPSA) is 57.6 Å². The lowest BCUT2D eigenvalue weighted by molar-refractivity contribution is -0.138. The van der Waals surface area contributed by atoms with Gasteiger partial charge < -0.3 is 10.0 Å². The summed E-state index contributed by atoms with van der Waals surface area (Å²) in [6, 6.07) is 5.49. The van der Waals surface area contributed by atoms with E-state index in [-0.39, 0.29) is 18.5 Å². The molecule has 4 nitrogen and oxygen atoms in total. The maximum absolute atomic E-state index is 12.7. The van der Waals surface area contributed by atoms with Crippen molar-refractivity contribution in [1.82, 2.24) is 4.90 Å². The molecule has 1 aromatic carbocycles. The van der Waals surface area contributed by atoms with Crippen LogP contribution in [0.15, 0.2) is 22.7 Å². The smallest absolute Gasteiger partial charge is 0.323 e. The summed E-state index contributed by atoms with van der Waals surface area (Å²) in [5, 5.41) is 9.06. The predicted molar refractivity (Wildman–Crippen MR) is 79.8 cm³/mol. The van der Waals surface area contributed by atoms with Gasteiger partial charge in [-0.2, -0.15) is 0 Å². The maximum atomic E-state index is 12.7. The first-order valence-electron chi connectivity index (χ1n) is 6.78. The van der Waals surface area contributed by atoms with Crippen molar-refractivity contribution in [2.45, 2.75) is 38.6 Å². The number of nitrogens with zero attached hydrogens (tertiary/aromatic N) is 1. The molecule has 1 fully saturated rings. The van der Waals surface area contributed by atoms with Crippen LogP contribution in [0.1, 0.15) is 41.6 Å². The van der Waals surface area contributed by atoms with E-state index in [4.69, 9.17) is 5.11 Å². The monoisotopic (exact) mass is 339 g/mol. The van der Waals surface area contributed by atoms with Crippen molar-refractivity contribution in [3.8, 4) is 0 Å². The van der Waals surface area contributed by atoms with Gasteiger partial charge in [0.1, 0.15) is 6.54 Å². The molecule has 0 radical (unpaired) electrons. The van der Waals surface area contributed by atoms with E-state index in [1.165, 1.54) is 4.90 Å². The fourth-order valence-corrected chi connectivity index (χ4v) is 3.09. The second-order valence-electron chi connectivity index (χ2n) is 5.18. The molecule has 1 saturated carbocycles. The molecule has 0 aliphatic heterocycles. The molecule has 0 spiro atoms. The van der Waals surface area contributed by atoms with E-state index >= 15 is 0 Å². The Bertz CT molecular complexity index is 524. The van der Waals surface area contributed by atoms with Gasteiger partial charge in [-0.1, -0.05) is 34.8 Å². The summed E-state index contributed by atoms with van der Waals surface area (Å²) in [4.78, 5) is 25.3. The van der Waals surface area contributed by atoms with Crippen molar-refractivity contribution >= 4 is 27.8 Å². The quantitative estimate of drug-likeness (QED) is 0.916. The van der Waals surface area contributed by atoms with Gasteiger partial charge in [-0.25, -0.2) is 0 Å². The largest absolute Gasteiger partial charge is 0.480 e. The summed E-state index contributed by atoms with van der Waals surface area (Å²) < 4.78 is 0.866. The molecular formula is C15H18BrNO3. The summed E-state index contributed by atoms with van der Waals surface area (Å²) in [5.41, 5.74) is 1.43. The Kier molecular flexibility index (Phi) is 4.81. The van der Waals surface area contributed by atoms with Gasteiger partial charge in [0.2, 0.25) is 0 Å². The number of carbonyl (C=O) groups excluding carboxylic acids is 1. The molecule has 1 aliphatic carbocycles. The number of aliphatic carboxylic acids is 1. The molecule has 1 aliphatic rings. The van der Waals surface area contributed by atoms with Crippen LogP contribution >= 0.6 is 15.9 Å². The standard InChI is InChI=1S/C15H18BrNO3/c1-10-12(7-4-8-13(10)16)15(20)17(9-14(18)19)11-5-2-3-6-11/h4,7-8,11H,2-3,5-6,9H2,1H3,(H,18,19). The highest BCUT2D eigenvalue weighted by Crippen LogP contribution is 2.27. The van der Waals surface area contributed by atoms with Gasteiger partial charge in [-0.3, -0.25) is 9.59 Å². The third kappa shape index (κ3) is 3.20. The number of hydrogen-bond acceptors (Lipinski definition) is 2. The van der Waals surface area contributed by atoms with Gasteiger partial charge >= 0.3 is 5.97 Å². The predicted octanol–water partition coefficient (Wildman–Crippen LogP) is 3.23. The molecule has 5 heteroatoms. The Morgan fingerprint density at radius 2 is 2.00 bits per heavy atom. The highest BCUT2D eigenvalue weighted by atomic mass is 79.9. The molecule has 20 heavy (non-hydrogen) atoms. The van der Waals surface area contributed by atoms with Crippen LogP contribution < -0.4 is 0 Å². The minimum absolute atomic E-state index is 0.0528. The zero-order chi connectivity index (χ0) is 14.7. The Hall–Kier alpha value is -1.36. The van der Waals surface area contributed by atoms with Crippen molar-refractivity contribution in [3.05, 3.63) is 33.8 Å². The summed E-state index contributed by atoms with van der Waals surface area (Å²) in [6.07, 6.45) is 3.91. The number of carboxylic acid groups (broad SMARTS) is 1. The van der Waals surface area contributed by atoms with E-state index in [1.807, 2.05) is 13.0 Å². The zero-order valence-electron chi connectivity index (χ0n) is 11.4. The highest BCUT2D eigenvalue weighted by Gasteiger charge is 2.29. The van der Waals surface area contributed by atoms with Gasteiger partial charge in [-0.05, 0) is 37.5 Å². The van der Waals surface area contributed by atoms with Gasteiger partial charge in [0.05, 0.1) is 0 Å². The molecule has 1 amide bonds. The number of benzene rings is 1. The van der Waals surface area contributed by atoms with Crippen molar-refractivity contribution in [1.29, 1.82) is 0 Å². The normalized spacial score (nSPS) is 15.3. The van der Waals surface area contributed by atoms with Crippen LogP contribution in [0.3, 0.4) is 0 Å². The number of halogens is 1. The van der Waals surface area contributed by atoms with E-state index in [0.29, 0.717) is 5.56 Å². The molecule has 0 heterocycles. The summed E-state index contributed by atoms with van der Waals surface area (Å²) in [5.74, 6) is -1.14. The Balaban J connectivity index is 2.29. The summed E-state index contributed by atoms with van der Waals surface area (Å²) in [7, 11) is 0. The third-order valence-corrected chi connectivity index (χ3v) is 4.69. The Morgan fingerprint density at radius 1 is 1.35 bits per heavy atom. The second-order valence-corrected chi connectivity index (χ2v) is 6.03. The first-order valence-corrected chi connectivity index (χ1v) is 7.58. The lowest BCUT2D eigenvalue weighted by atomic mass is 10.1. The third-order valence-electron chi connectivity index (χ3n) is 3.83. The van der Waals surface area contributed by atoms with Gasteiger partial charge in [0.15, 0.2) is 0 Å². The van der Waals surface area contributed by atoms with Gasteiger partial charge in [0.25, 0.3) is 5.91 Å². The minimum atomic E-state index is -0.960. The van der Waals surface area contributed by atoms with Crippen LogP contribution in [-0.4, -0.2) is 34.5 Å². The van der Waals surface area contributed by atoms with Crippen molar-refractivity contribution in [3.63, 3.8) is 0 Å². The van der Waals surface area contributed by atoms with Crippen LogP contribution in [0.4, 0.5) is 0 Å². The first-order chi connectivity index (χ1) is 9.50. The molecule has 0 aromatic heterocycles. The molecule has 2 rings (SSSR count). The van der Waals surface area contributed by atoms with Crippen molar-refractivity contribution in [2.75, 3.05) is 6.54 Å². The Morgan fingerprint density at radius 3 is 2.60 bits per heavy atom. The van der Waals surface area contributed by atoms with E-state index < -0.39 is 5.97 Å². The van der Waals surface area contributed by atoms with Crippen LogP contribution in [0.2, 0.25) is 0 Å². The van der Waals surface area contributed by atoms with Crippen LogP contribution in [0.5, 0.6) is 0 Å². The van der Waals surface area contributed by atoms with E-state index in [1.54, 1.807) is 12.1 Å². The fourth-order valence-electron chi connectivity index (χ4n) is 2.72. The van der Waals surface area contributed by atoms with Gasteiger partial charge in [0, 0.05) is 16.1 Å². The van der Waals surface area contributed by atoms with E-state index in [0.717, 1.165) is 35.7 Å². The van der Waals surface area contributed by atoms with Crippen molar-refractivity contribution in [2.24, 2.45) is 0 Å². The fraction of sp³-hybridized carbons (Fsp3) is 0.467. The van der Waals surface area contributed by atoms with E-state index in [9.17, 15) is 9.59 Å². The average Bonchev–Trinajstić information content (AvgIpc) is 2.92. The van der Waals surface area contributed by atoms with Gasteiger partial charge in [-0.15, -0.1) is 0 Å². The Labute approximate surface area is 126 Å². The van der Waals surface area contributed by atoms with Crippen molar-refractivity contribution < 1.29 is 14.7 Å². The molecule has 108 valence electrons. The maximum Gasteiger partial charge on any atom is 0.323 e. The van der Waals surface area contributed by atoms with Crippen LogP contribution in [0.25, 0.3) is 0 Å². The lowest BCUT2D eigenvalue weighted by Crippen LogP contribution is -2.42. The minimum Gasteiger partial charge on any atom is -0.480 e. The molecule has 0 saturated heterocycles. The average molecular weight is 340 g/mol. The second kappa shape index (κ2) is 6.39. The number of carboxylic acids is 1. The van der Waals surface area contributed by atoms with E-state index in [2.05, 4.69) is 15.9 Å². The number of rotatable bonds is 4. The number of amides is 1. The van der Waals surface area contributed by atoms with Crippen LogP contribution in [0, 0.1) is 6.92 Å². The molecular weight excluding hydrogens is 322 g/mol. The number of hydrogen-bond donors (Lipinski definition) is 1. The highest BCUT2D eigenvalue weighted by molar-refractivity contribution is 9.10. The lowest BCUT2D eigenvalue weighted by Gasteiger charge is -2.28. The zero-order valence-corrected chi connectivity index (χ0v) is 13.0. The summed E-state index contributed by atoms with van der Waals surface area (Å²) in [6.45, 7) is 1.64. The molecule has 1 aromatic rings. The molecule has 1 N–H and O–H groups in total.